The molecule has 6 heteroatoms. The van der Waals surface area contributed by atoms with E-state index in [4.69, 9.17) is 0 Å². The van der Waals surface area contributed by atoms with Gasteiger partial charge in [0.25, 0.3) is 5.91 Å². The number of hydrogen-bond acceptors (Lipinski definition) is 4. The molecule has 0 saturated carbocycles. The van der Waals surface area contributed by atoms with Crippen LogP contribution >= 0.6 is 0 Å². The molecule has 5 rings (SSSR count). The van der Waals surface area contributed by atoms with E-state index in [1.54, 1.807) is 6.07 Å². The fourth-order valence-electron chi connectivity index (χ4n) is 3.46. The van der Waals surface area contributed by atoms with Crippen LogP contribution < -0.4 is 5.32 Å². The van der Waals surface area contributed by atoms with Crippen LogP contribution in [0.3, 0.4) is 0 Å². The molecule has 0 atom stereocenters. The number of benzene rings is 3. The Morgan fingerprint density at radius 1 is 0.931 bits per heavy atom. The zero-order valence-electron chi connectivity index (χ0n) is 15.3. The third-order valence-corrected chi connectivity index (χ3v) is 4.95. The van der Waals surface area contributed by atoms with Gasteiger partial charge in [-0.3, -0.25) is 19.7 Å². The van der Waals surface area contributed by atoms with Gasteiger partial charge in [0.15, 0.2) is 0 Å². The van der Waals surface area contributed by atoms with Crippen molar-refractivity contribution < 1.29 is 9.59 Å². The average Bonchev–Trinajstić information content (AvgIpc) is 3.36. The van der Waals surface area contributed by atoms with Gasteiger partial charge < -0.3 is 5.32 Å². The lowest BCUT2D eigenvalue weighted by Gasteiger charge is -2.00. The molecule has 1 aromatic heterocycles. The van der Waals surface area contributed by atoms with E-state index in [2.05, 4.69) is 26.6 Å². The van der Waals surface area contributed by atoms with Crippen LogP contribution in [0.4, 0.5) is 5.69 Å². The Morgan fingerprint density at radius 3 is 2.62 bits per heavy atom. The second-order valence-corrected chi connectivity index (χ2v) is 6.82. The number of H-pyrrole nitrogens is 1. The summed E-state index contributed by atoms with van der Waals surface area (Å²) in [5.74, 6) is -0.519. The highest BCUT2D eigenvalue weighted by molar-refractivity contribution is 6.53. The van der Waals surface area contributed by atoms with Crippen molar-refractivity contribution in [2.75, 3.05) is 11.9 Å². The molecule has 4 aromatic rings. The van der Waals surface area contributed by atoms with Gasteiger partial charge >= 0.3 is 0 Å². The summed E-state index contributed by atoms with van der Waals surface area (Å²) in [4.78, 5) is 28.9. The van der Waals surface area contributed by atoms with E-state index in [1.807, 2.05) is 60.7 Å². The lowest BCUT2D eigenvalue weighted by Crippen LogP contribution is -2.16. The van der Waals surface area contributed by atoms with Crippen molar-refractivity contribution in [3.8, 4) is 11.3 Å². The van der Waals surface area contributed by atoms with Gasteiger partial charge in [-0.05, 0) is 29.0 Å². The van der Waals surface area contributed by atoms with E-state index in [0.717, 1.165) is 16.3 Å². The summed E-state index contributed by atoms with van der Waals surface area (Å²) in [5, 5.41) is 12.1. The Bertz CT molecular complexity index is 1300. The summed E-state index contributed by atoms with van der Waals surface area (Å²) in [6.45, 7) is -0.129. The van der Waals surface area contributed by atoms with E-state index in [1.165, 1.54) is 0 Å². The molecule has 0 spiro atoms. The third kappa shape index (κ3) is 3.10. The smallest absolute Gasteiger partial charge is 0.274 e. The Morgan fingerprint density at radius 2 is 1.72 bits per heavy atom. The monoisotopic (exact) mass is 380 g/mol. The molecule has 0 bridgehead atoms. The number of carbonyl (C=O) groups excluding carboxylic acids is 2. The van der Waals surface area contributed by atoms with Crippen LogP contribution in [0, 0.1) is 0 Å². The van der Waals surface area contributed by atoms with Crippen molar-refractivity contribution in [3.63, 3.8) is 0 Å². The Balaban J connectivity index is 1.38. The van der Waals surface area contributed by atoms with E-state index in [9.17, 15) is 9.59 Å². The number of aliphatic imine (C=N–C) groups is 1. The first-order chi connectivity index (χ1) is 14.2. The predicted molar refractivity (Wildman–Crippen MR) is 112 cm³/mol. The summed E-state index contributed by atoms with van der Waals surface area (Å²) in [7, 11) is 0. The van der Waals surface area contributed by atoms with Crippen LogP contribution in [0.15, 0.2) is 77.8 Å². The molecule has 2 heterocycles. The predicted octanol–water partition coefficient (Wildman–Crippen LogP) is 3.85. The van der Waals surface area contributed by atoms with Crippen LogP contribution in [-0.4, -0.2) is 34.1 Å². The van der Waals surface area contributed by atoms with Crippen molar-refractivity contribution in [1.29, 1.82) is 0 Å². The highest BCUT2D eigenvalue weighted by atomic mass is 16.2. The molecule has 0 unspecified atom stereocenters. The van der Waals surface area contributed by atoms with Gasteiger partial charge in [0, 0.05) is 11.1 Å². The fourth-order valence-corrected chi connectivity index (χ4v) is 3.46. The number of rotatable bonds is 4. The summed E-state index contributed by atoms with van der Waals surface area (Å²) in [6, 6.07) is 23.1. The Hall–Kier alpha value is -4.06. The molecule has 140 valence electrons. The number of carbonyl (C=O) groups is 2. The number of nitrogens with zero attached hydrogens (tertiary/aromatic N) is 2. The second kappa shape index (κ2) is 6.83. The Labute approximate surface area is 166 Å². The van der Waals surface area contributed by atoms with Crippen LogP contribution in [0.5, 0.6) is 0 Å². The molecule has 2 N–H and O–H groups in total. The first-order valence-corrected chi connectivity index (χ1v) is 9.22. The van der Waals surface area contributed by atoms with Gasteiger partial charge in [0.1, 0.15) is 18.0 Å². The SMILES string of the molecule is O=C1Nc2ccccc2C1=NCC(=O)c1cc(-c2ccc3ccccc3c2)n[nH]1. The zero-order valence-corrected chi connectivity index (χ0v) is 15.3. The molecule has 1 aliphatic heterocycles. The van der Waals surface area contributed by atoms with Gasteiger partial charge in [-0.2, -0.15) is 5.10 Å². The minimum absolute atomic E-state index is 0.129. The Kier molecular flexibility index (Phi) is 4.02. The number of anilines is 1. The normalized spacial score (nSPS) is 14.2. The topological polar surface area (TPSA) is 87.2 Å². The molecule has 0 radical (unpaired) electrons. The zero-order chi connectivity index (χ0) is 19.8. The molecular weight excluding hydrogens is 364 g/mol. The second-order valence-electron chi connectivity index (χ2n) is 6.82. The lowest BCUT2D eigenvalue weighted by atomic mass is 10.0. The minimum atomic E-state index is -0.291. The molecule has 0 saturated heterocycles. The number of ketones is 1. The van der Waals surface area contributed by atoms with E-state index < -0.39 is 0 Å². The summed E-state index contributed by atoms with van der Waals surface area (Å²) < 4.78 is 0. The van der Waals surface area contributed by atoms with E-state index >= 15 is 0 Å². The highest BCUT2D eigenvalue weighted by Crippen LogP contribution is 2.24. The van der Waals surface area contributed by atoms with Crippen LogP contribution in [0.1, 0.15) is 16.1 Å². The number of para-hydroxylation sites is 1. The van der Waals surface area contributed by atoms with E-state index in [-0.39, 0.29) is 23.9 Å². The number of nitrogens with one attached hydrogen (secondary N) is 2. The molecule has 29 heavy (non-hydrogen) atoms. The third-order valence-electron chi connectivity index (χ3n) is 4.95. The molecule has 6 nitrogen and oxygen atoms in total. The van der Waals surface area contributed by atoms with Gasteiger partial charge in [-0.25, -0.2) is 0 Å². The highest BCUT2D eigenvalue weighted by Gasteiger charge is 2.25. The fraction of sp³-hybridized carbons (Fsp3) is 0.0435. The van der Waals surface area contributed by atoms with Gasteiger partial charge in [-0.15, -0.1) is 0 Å². The van der Waals surface area contributed by atoms with E-state index in [0.29, 0.717) is 22.6 Å². The number of hydrogen-bond donors (Lipinski definition) is 2. The number of aromatic amines is 1. The maximum Gasteiger partial charge on any atom is 0.274 e. The van der Waals surface area contributed by atoms with Crippen molar-refractivity contribution in [1.82, 2.24) is 10.2 Å². The molecule has 0 fully saturated rings. The van der Waals surface area contributed by atoms with Crippen LogP contribution in [0.2, 0.25) is 0 Å². The molecule has 1 amide bonds. The van der Waals surface area contributed by atoms with Gasteiger partial charge in [-0.1, -0.05) is 54.6 Å². The number of Topliss-reactive ketones (excluding diaryl/α,β-unsaturated/α-hetero) is 1. The summed E-state index contributed by atoms with van der Waals surface area (Å²) >= 11 is 0. The summed E-state index contributed by atoms with van der Waals surface area (Å²) in [5.41, 5.74) is 3.69. The maximum atomic E-state index is 12.6. The molecular formula is C23H16N4O2. The van der Waals surface area contributed by atoms with Crippen LogP contribution in [-0.2, 0) is 4.79 Å². The standard InChI is InChI=1S/C23H16N4O2/c28-21(13-24-22-17-7-3-4-8-18(17)25-23(22)29)20-12-19(26-27-20)16-10-9-14-5-1-2-6-15(14)11-16/h1-12H,13H2,(H,26,27)(H,24,25,29). The van der Waals surface area contributed by atoms with Crippen molar-refractivity contribution in [2.24, 2.45) is 4.99 Å². The molecule has 0 aliphatic carbocycles. The number of aromatic nitrogens is 2. The van der Waals surface area contributed by atoms with Crippen LogP contribution in [0.25, 0.3) is 22.0 Å². The summed E-state index contributed by atoms with van der Waals surface area (Å²) in [6.07, 6.45) is 0. The maximum absolute atomic E-state index is 12.6. The first kappa shape index (κ1) is 17.1. The number of amides is 1. The number of fused-ring (bicyclic) bond motifs is 2. The van der Waals surface area contributed by atoms with Crippen molar-refractivity contribution in [3.05, 3.63) is 84.1 Å². The molecule has 3 aromatic carbocycles. The lowest BCUT2D eigenvalue weighted by molar-refractivity contribution is -0.110. The largest absolute Gasteiger partial charge is 0.320 e. The van der Waals surface area contributed by atoms with Crippen molar-refractivity contribution >= 4 is 33.9 Å². The quantitative estimate of drug-likeness (QED) is 0.527. The average molecular weight is 380 g/mol. The van der Waals surface area contributed by atoms with Gasteiger partial charge in [0.2, 0.25) is 5.78 Å². The molecule has 1 aliphatic rings. The van der Waals surface area contributed by atoms with Crippen molar-refractivity contribution in [2.45, 2.75) is 0 Å². The van der Waals surface area contributed by atoms with Gasteiger partial charge in [0.05, 0.1) is 11.4 Å². The first-order valence-electron chi connectivity index (χ1n) is 9.22. The minimum Gasteiger partial charge on any atom is -0.320 e.